The highest BCUT2D eigenvalue weighted by Gasteiger charge is 2.07. The van der Waals surface area contributed by atoms with Crippen molar-refractivity contribution in [3.05, 3.63) is 39.2 Å². The number of benzene rings is 1. The van der Waals surface area contributed by atoms with Gasteiger partial charge in [-0.15, -0.1) is 0 Å². The van der Waals surface area contributed by atoms with Crippen LogP contribution in [-0.4, -0.2) is 0 Å². The number of rotatable bonds is 0. The topological polar surface area (TPSA) is 0 Å². The molecule has 1 rings (SSSR count). The Morgan fingerprint density at radius 2 is 1.73 bits per heavy atom. The summed E-state index contributed by atoms with van der Waals surface area (Å²) in [5, 5.41) is 1.57. The maximum absolute atomic E-state index is 5.83. The number of halogens is 3. The third kappa shape index (κ3) is 1.64. The summed E-state index contributed by atoms with van der Waals surface area (Å²) in [4.78, 5) is 0. The Balaban J connectivity index is 3.46. The van der Waals surface area contributed by atoms with Crippen molar-refractivity contribution in [3.63, 3.8) is 0 Å². The molecule has 0 amide bonds. The Morgan fingerprint density at radius 3 is 2.27 bits per heavy atom. The largest absolute Gasteiger partial charge is 0.0840 e. The van der Waals surface area contributed by atoms with E-state index in [9.17, 15) is 0 Å². The van der Waals surface area contributed by atoms with Gasteiger partial charge in [0.25, 0.3) is 0 Å². The van der Waals surface area contributed by atoms with Crippen LogP contribution in [0.1, 0.15) is 11.1 Å². The maximum atomic E-state index is 5.83. The van der Waals surface area contributed by atoms with Gasteiger partial charge in [0.15, 0.2) is 0 Å². The molecule has 1 radical (unpaired) electrons. The van der Waals surface area contributed by atoms with Crippen LogP contribution in [0.5, 0.6) is 0 Å². The Kier molecular flexibility index (Phi) is 2.69. The number of hydrogen-bond acceptors (Lipinski definition) is 0. The standard InChI is InChI=1S/C8H6Cl3/c1-4-3-6(9)5(2)8(11)7(4)10/h3H,1H2,2H3. The van der Waals surface area contributed by atoms with Gasteiger partial charge in [-0.3, -0.25) is 0 Å². The van der Waals surface area contributed by atoms with Crippen molar-refractivity contribution in [1.82, 2.24) is 0 Å². The molecule has 1 aromatic rings. The Labute approximate surface area is 81.1 Å². The minimum absolute atomic E-state index is 0.480. The van der Waals surface area contributed by atoms with Gasteiger partial charge in [0.05, 0.1) is 10.0 Å². The van der Waals surface area contributed by atoms with Crippen LogP contribution in [-0.2, 0) is 0 Å². The van der Waals surface area contributed by atoms with E-state index in [1.165, 1.54) is 0 Å². The van der Waals surface area contributed by atoms with E-state index in [4.69, 9.17) is 34.8 Å². The normalized spacial score (nSPS) is 10.3. The summed E-state index contributed by atoms with van der Waals surface area (Å²) >= 11 is 17.4. The molecule has 11 heavy (non-hydrogen) atoms. The van der Waals surface area contributed by atoms with Crippen molar-refractivity contribution in [2.24, 2.45) is 0 Å². The van der Waals surface area contributed by atoms with E-state index in [1.807, 2.05) is 6.92 Å². The van der Waals surface area contributed by atoms with Crippen molar-refractivity contribution in [3.8, 4) is 0 Å². The van der Waals surface area contributed by atoms with Gasteiger partial charge < -0.3 is 0 Å². The summed E-state index contributed by atoms with van der Waals surface area (Å²) in [5.74, 6) is 0. The van der Waals surface area contributed by atoms with Crippen LogP contribution >= 0.6 is 34.8 Å². The molecule has 0 saturated heterocycles. The molecule has 0 fully saturated rings. The molecule has 0 heterocycles. The minimum Gasteiger partial charge on any atom is -0.0840 e. The molecule has 0 bridgehead atoms. The second kappa shape index (κ2) is 3.22. The second-order valence-electron chi connectivity index (χ2n) is 2.27. The highest BCUT2D eigenvalue weighted by molar-refractivity contribution is 6.44. The molecule has 0 N–H and O–H groups in total. The lowest BCUT2D eigenvalue weighted by molar-refractivity contribution is 1.45. The lowest BCUT2D eigenvalue weighted by Crippen LogP contribution is -1.83. The first-order valence-corrected chi connectivity index (χ1v) is 4.13. The molecule has 0 atom stereocenters. The molecule has 1 aromatic carbocycles. The van der Waals surface area contributed by atoms with Crippen molar-refractivity contribution in [2.45, 2.75) is 6.92 Å². The summed E-state index contributed by atoms with van der Waals surface area (Å²) in [6.07, 6.45) is 0. The monoisotopic (exact) mass is 207 g/mol. The predicted molar refractivity (Wildman–Crippen MR) is 50.7 cm³/mol. The van der Waals surface area contributed by atoms with E-state index >= 15 is 0 Å². The van der Waals surface area contributed by atoms with Crippen LogP contribution in [0.15, 0.2) is 6.07 Å². The molecule has 0 aliphatic carbocycles. The summed E-state index contributed by atoms with van der Waals surface area (Å²) in [7, 11) is 0. The van der Waals surface area contributed by atoms with Crippen LogP contribution in [0.4, 0.5) is 0 Å². The van der Waals surface area contributed by atoms with Crippen molar-refractivity contribution in [1.29, 1.82) is 0 Å². The van der Waals surface area contributed by atoms with Crippen molar-refractivity contribution < 1.29 is 0 Å². The van der Waals surface area contributed by atoms with E-state index in [-0.39, 0.29) is 0 Å². The fourth-order valence-corrected chi connectivity index (χ4v) is 1.43. The summed E-state index contributed by atoms with van der Waals surface area (Å²) in [5.41, 5.74) is 1.46. The summed E-state index contributed by atoms with van der Waals surface area (Å²) in [6.45, 7) is 5.50. The SMILES string of the molecule is [CH2]c1cc(Cl)c(C)c(Cl)c1Cl. The molecule has 0 aliphatic rings. The van der Waals surface area contributed by atoms with Crippen molar-refractivity contribution >= 4 is 34.8 Å². The Bertz CT molecular complexity index is 266. The van der Waals surface area contributed by atoms with Crippen LogP contribution in [0, 0.1) is 13.8 Å². The number of hydrogen-bond donors (Lipinski definition) is 0. The lowest BCUT2D eigenvalue weighted by Gasteiger charge is -2.05. The first-order valence-electron chi connectivity index (χ1n) is 3.00. The molecule has 59 valence electrons. The van der Waals surface area contributed by atoms with Crippen LogP contribution in [0.25, 0.3) is 0 Å². The zero-order valence-electron chi connectivity index (χ0n) is 5.92. The Hall–Kier alpha value is 0.0900. The molecule has 3 heteroatoms. The molecule has 0 aliphatic heterocycles. The van der Waals surface area contributed by atoms with E-state index in [0.29, 0.717) is 20.6 Å². The van der Waals surface area contributed by atoms with E-state index in [1.54, 1.807) is 6.07 Å². The van der Waals surface area contributed by atoms with Gasteiger partial charge in [-0.2, -0.15) is 0 Å². The average Bonchev–Trinajstić information content (AvgIpc) is 1.97. The van der Waals surface area contributed by atoms with Crippen LogP contribution in [0.2, 0.25) is 15.1 Å². The fourth-order valence-electron chi connectivity index (χ4n) is 0.735. The lowest BCUT2D eigenvalue weighted by atomic mass is 10.2. The van der Waals surface area contributed by atoms with Gasteiger partial charge in [-0.1, -0.05) is 34.8 Å². The molecule has 0 unspecified atom stereocenters. The quantitative estimate of drug-likeness (QED) is 0.562. The van der Waals surface area contributed by atoms with Gasteiger partial charge in [-0.05, 0) is 31.0 Å². The highest BCUT2D eigenvalue weighted by atomic mass is 35.5. The van der Waals surface area contributed by atoms with E-state index < -0.39 is 0 Å². The predicted octanol–water partition coefficient (Wildman–Crippen LogP) is 4.14. The first-order chi connectivity index (χ1) is 5.04. The van der Waals surface area contributed by atoms with Crippen molar-refractivity contribution in [2.75, 3.05) is 0 Å². The third-order valence-electron chi connectivity index (χ3n) is 1.46. The molecule has 0 spiro atoms. The van der Waals surface area contributed by atoms with Gasteiger partial charge in [-0.25, -0.2) is 0 Å². The Morgan fingerprint density at radius 1 is 1.18 bits per heavy atom. The molecule has 0 aromatic heterocycles. The van der Waals surface area contributed by atoms with Gasteiger partial charge in [0.2, 0.25) is 0 Å². The van der Waals surface area contributed by atoms with E-state index in [2.05, 4.69) is 6.92 Å². The molecular weight excluding hydrogens is 202 g/mol. The molecule has 0 nitrogen and oxygen atoms in total. The molecule has 0 saturated carbocycles. The zero-order valence-corrected chi connectivity index (χ0v) is 8.19. The second-order valence-corrected chi connectivity index (χ2v) is 3.43. The highest BCUT2D eigenvalue weighted by Crippen LogP contribution is 2.33. The summed E-state index contributed by atoms with van der Waals surface area (Å²) < 4.78 is 0. The first kappa shape index (κ1) is 9.18. The van der Waals surface area contributed by atoms with Gasteiger partial charge >= 0.3 is 0 Å². The van der Waals surface area contributed by atoms with Gasteiger partial charge in [0, 0.05) is 5.02 Å². The van der Waals surface area contributed by atoms with E-state index in [0.717, 1.165) is 5.56 Å². The zero-order chi connectivity index (χ0) is 8.59. The maximum Gasteiger partial charge on any atom is 0.0639 e. The summed E-state index contributed by atoms with van der Waals surface area (Å²) in [6, 6.07) is 1.70. The molecular formula is C8H6Cl3. The van der Waals surface area contributed by atoms with Crippen LogP contribution in [0.3, 0.4) is 0 Å². The van der Waals surface area contributed by atoms with Gasteiger partial charge in [0.1, 0.15) is 0 Å². The smallest absolute Gasteiger partial charge is 0.0639 e. The third-order valence-corrected chi connectivity index (χ3v) is 2.86. The average molecular weight is 208 g/mol. The van der Waals surface area contributed by atoms with Crippen LogP contribution < -0.4 is 0 Å². The fraction of sp³-hybridized carbons (Fsp3) is 0.125. The minimum atomic E-state index is 0.480.